The minimum absolute atomic E-state index is 0.0869. The van der Waals surface area contributed by atoms with Gasteiger partial charge in [-0.05, 0) is 19.1 Å². The van der Waals surface area contributed by atoms with Crippen molar-refractivity contribution in [2.75, 3.05) is 17.7 Å². The number of benzene rings is 1. The molecule has 0 saturated carbocycles. The van der Waals surface area contributed by atoms with E-state index in [9.17, 15) is 9.18 Å². The van der Waals surface area contributed by atoms with Gasteiger partial charge in [0.25, 0.3) is 5.91 Å². The Morgan fingerprint density at radius 3 is 2.83 bits per heavy atom. The van der Waals surface area contributed by atoms with Crippen LogP contribution in [0.5, 0.6) is 0 Å². The molecule has 1 amide bonds. The van der Waals surface area contributed by atoms with Gasteiger partial charge in [0, 0.05) is 7.05 Å². The zero-order valence-electron chi connectivity index (χ0n) is 9.95. The largest absolute Gasteiger partial charge is 0.432 e. The Morgan fingerprint density at radius 1 is 1.44 bits per heavy atom. The van der Waals surface area contributed by atoms with Gasteiger partial charge in [-0.15, -0.1) is 0 Å². The Balaban J connectivity index is 2.26. The third-order valence-electron chi connectivity index (χ3n) is 2.35. The molecule has 1 aromatic carbocycles. The van der Waals surface area contributed by atoms with Crippen LogP contribution in [0, 0.1) is 12.7 Å². The highest BCUT2D eigenvalue weighted by atomic mass is 19.1. The van der Waals surface area contributed by atoms with Crippen LogP contribution in [0.1, 0.15) is 16.1 Å². The minimum Gasteiger partial charge on any atom is -0.432 e. The SMILES string of the molecule is CNc1c(F)cccc1C(=O)Nc1nc(C)co1. The van der Waals surface area contributed by atoms with Gasteiger partial charge in [0.15, 0.2) is 0 Å². The molecule has 6 heteroatoms. The van der Waals surface area contributed by atoms with Crippen molar-refractivity contribution >= 4 is 17.6 Å². The van der Waals surface area contributed by atoms with E-state index < -0.39 is 11.7 Å². The van der Waals surface area contributed by atoms with Gasteiger partial charge in [-0.3, -0.25) is 10.1 Å². The number of nitrogens with one attached hydrogen (secondary N) is 2. The molecule has 18 heavy (non-hydrogen) atoms. The number of hydrogen-bond acceptors (Lipinski definition) is 4. The van der Waals surface area contributed by atoms with E-state index in [1.54, 1.807) is 14.0 Å². The first-order valence-electron chi connectivity index (χ1n) is 5.31. The van der Waals surface area contributed by atoms with E-state index in [4.69, 9.17) is 4.42 Å². The van der Waals surface area contributed by atoms with Gasteiger partial charge in [0.1, 0.15) is 12.1 Å². The fourth-order valence-corrected chi connectivity index (χ4v) is 1.54. The summed E-state index contributed by atoms with van der Waals surface area (Å²) in [5.41, 5.74) is 0.977. The Kier molecular flexibility index (Phi) is 3.27. The number of halogens is 1. The third kappa shape index (κ3) is 2.32. The Bertz CT molecular complexity index is 580. The summed E-state index contributed by atoms with van der Waals surface area (Å²) < 4.78 is 18.5. The summed E-state index contributed by atoms with van der Waals surface area (Å²) in [5.74, 6) is -0.977. The number of aromatic nitrogens is 1. The molecule has 0 aliphatic rings. The van der Waals surface area contributed by atoms with Gasteiger partial charge >= 0.3 is 6.01 Å². The maximum Gasteiger partial charge on any atom is 0.301 e. The molecular weight excluding hydrogens is 237 g/mol. The van der Waals surface area contributed by atoms with Crippen molar-refractivity contribution in [2.24, 2.45) is 0 Å². The standard InChI is InChI=1S/C12H12FN3O2/c1-7-6-18-12(15-7)16-11(17)8-4-3-5-9(13)10(8)14-2/h3-6,14H,1-2H3,(H,15,16,17). The first kappa shape index (κ1) is 12.1. The van der Waals surface area contributed by atoms with Crippen molar-refractivity contribution in [3.8, 4) is 0 Å². The second-order valence-electron chi connectivity index (χ2n) is 3.66. The zero-order chi connectivity index (χ0) is 13.1. The van der Waals surface area contributed by atoms with Crippen molar-refractivity contribution in [1.29, 1.82) is 0 Å². The fraction of sp³-hybridized carbons (Fsp3) is 0.167. The number of amides is 1. The van der Waals surface area contributed by atoms with Gasteiger partial charge in [-0.1, -0.05) is 6.07 Å². The Hall–Kier alpha value is -2.37. The monoisotopic (exact) mass is 249 g/mol. The van der Waals surface area contributed by atoms with E-state index in [0.717, 1.165) is 0 Å². The van der Waals surface area contributed by atoms with Gasteiger partial charge in [-0.2, -0.15) is 4.98 Å². The molecule has 1 heterocycles. The van der Waals surface area contributed by atoms with E-state index in [0.29, 0.717) is 5.69 Å². The van der Waals surface area contributed by atoms with Crippen LogP contribution in [0.25, 0.3) is 0 Å². The van der Waals surface area contributed by atoms with Crippen LogP contribution in [-0.4, -0.2) is 17.9 Å². The van der Waals surface area contributed by atoms with Gasteiger partial charge in [0.2, 0.25) is 0 Å². The van der Waals surface area contributed by atoms with E-state index in [2.05, 4.69) is 15.6 Å². The molecule has 0 radical (unpaired) electrons. The maximum absolute atomic E-state index is 13.5. The van der Waals surface area contributed by atoms with Crippen molar-refractivity contribution in [3.05, 3.63) is 41.5 Å². The van der Waals surface area contributed by atoms with E-state index in [-0.39, 0.29) is 17.3 Å². The number of anilines is 2. The molecule has 0 bridgehead atoms. The molecule has 2 rings (SSSR count). The van der Waals surface area contributed by atoms with Crippen molar-refractivity contribution < 1.29 is 13.6 Å². The number of oxazole rings is 1. The number of para-hydroxylation sites is 1. The second-order valence-corrected chi connectivity index (χ2v) is 3.66. The van der Waals surface area contributed by atoms with Crippen LogP contribution in [0.2, 0.25) is 0 Å². The molecule has 2 aromatic rings. The number of rotatable bonds is 3. The highest BCUT2D eigenvalue weighted by molar-refractivity contribution is 6.07. The molecule has 0 saturated heterocycles. The minimum atomic E-state index is -0.492. The number of hydrogen-bond donors (Lipinski definition) is 2. The topological polar surface area (TPSA) is 67.2 Å². The van der Waals surface area contributed by atoms with E-state index in [1.165, 1.54) is 24.5 Å². The highest BCUT2D eigenvalue weighted by Gasteiger charge is 2.15. The van der Waals surface area contributed by atoms with Crippen LogP contribution in [0.3, 0.4) is 0 Å². The summed E-state index contributed by atoms with van der Waals surface area (Å²) in [7, 11) is 1.55. The van der Waals surface area contributed by atoms with Crippen molar-refractivity contribution in [2.45, 2.75) is 6.92 Å². The molecule has 0 aliphatic carbocycles. The lowest BCUT2D eigenvalue weighted by Gasteiger charge is -2.08. The highest BCUT2D eigenvalue weighted by Crippen LogP contribution is 2.20. The summed E-state index contributed by atoms with van der Waals surface area (Å²) >= 11 is 0. The van der Waals surface area contributed by atoms with E-state index >= 15 is 0 Å². The van der Waals surface area contributed by atoms with Crippen LogP contribution in [0.15, 0.2) is 28.9 Å². The zero-order valence-corrected chi connectivity index (χ0v) is 9.95. The molecule has 5 nitrogen and oxygen atoms in total. The van der Waals surface area contributed by atoms with Gasteiger partial charge < -0.3 is 9.73 Å². The normalized spacial score (nSPS) is 10.2. The summed E-state index contributed by atoms with van der Waals surface area (Å²) in [5, 5.41) is 5.11. The summed E-state index contributed by atoms with van der Waals surface area (Å²) in [6.07, 6.45) is 1.42. The Labute approximate surface area is 103 Å². The second kappa shape index (κ2) is 4.87. The molecule has 94 valence electrons. The Morgan fingerprint density at radius 2 is 2.22 bits per heavy atom. The van der Waals surface area contributed by atoms with Crippen molar-refractivity contribution in [3.63, 3.8) is 0 Å². The summed E-state index contributed by atoms with van der Waals surface area (Å²) in [4.78, 5) is 15.9. The lowest BCUT2D eigenvalue weighted by molar-refractivity contribution is 0.102. The van der Waals surface area contributed by atoms with Crippen LogP contribution >= 0.6 is 0 Å². The smallest absolute Gasteiger partial charge is 0.301 e. The predicted molar refractivity (Wildman–Crippen MR) is 65.1 cm³/mol. The molecular formula is C12H12FN3O2. The average molecular weight is 249 g/mol. The molecule has 0 spiro atoms. The van der Waals surface area contributed by atoms with Crippen LogP contribution in [-0.2, 0) is 0 Å². The maximum atomic E-state index is 13.5. The third-order valence-corrected chi connectivity index (χ3v) is 2.35. The number of nitrogens with zero attached hydrogens (tertiary/aromatic N) is 1. The van der Waals surface area contributed by atoms with Crippen LogP contribution < -0.4 is 10.6 Å². The van der Waals surface area contributed by atoms with Crippen LogP contribution in [0.4, 0.5) is 16.1 Å². The summed E-state index contributed by atoms with van der Waals surface area (Å²) in [6.45, 7) is 1.74. The van der Waals surface area contributed by atoms with E-state index in [1.807, 2.05) is 0 Å². The number of carbonyl (C=O) groups is 1. The lowest BCUT2D eigenvalue weighted by atomic mass is 10.1. The first-order chi connectivity index (χ1) is 8.61. The van der Waals surface area contributed by atoms with Gasteiger partial charge in [-0.25, -0.2) is 4.39 Å². The number of aryl methyl sites for hydroxylation is 1. The molecule has 2 N–H and O–H groups in total. The fourth-order valence-electron chi connectivity index (χ4n) is 1.54. The molecule has 0 atom stereocenters. The predicted octanol–water partition coefficient (Wildman–Crippen LogP) is 2.42. The number of carbonyl (C=O) groups excluding carboxylic acids is 1. The molecule has 0 fully saturated rings. The van der Waals surface area contributed by atoms with Crippen molar-refractivity contribution in [1.82, 2.24) is 4.98 Å². The quantitative estimate of drug-likeness (QED) is 0.876. The molecule has 0 aliphatic heterocycles. The molecule has 0 unspecified atom stereocenters. The van der Waals surface area contributed by atoms with Gasteiger partial charge in [0.05, 0.1) is 16.9 Å². The molecule has 1 aromatic heterocycles. The average Bonchev–Trinajstić information content (AvgIpc) is 2.74. The lowest BCUT2D eigenvalue weighted by Crippen LogP contribution is -2.15. The summed E-state index contributed by atoms with van der Waals surface area (Å²) in [6, 6.07) is 4.34. The first-order valence-corrected chi connectivity index (χ1v) is 5.31.